The lowest BCUT2D eigenvalue weighted by Gasteiger charge is -2.31. The Hall–Kier alpha value is -1.06. The summed E-state index contributed by atoms with van der Waals surface area (Å²) in [5.41, 5.74) is 0. The zero-order valence-corrected chi connectivity index (χ0v) is 13.8. The maximum absolute atomic E-state index is 12.6. The topological polar surface area (TPSA) is 58.2 Å². The van der Waals surface area contributed by atoms with Crippen molar-refractivity contribution < 1.29 is 9.59 Å². The van der Waals surface area contributed by atoms with Crippen LogP contribution in [0.25, 0.3) is 0 Å². The first-order valence-electron chi connectivity index (χ1n) is 8.58. The Bertz CT molecular complexity index is 360. The number of hydrogen-bond donors (Lipinski definition) is 2. The summed E-state index contributed by atoms with van der Waals surface area (Å²) >= 11 is 0. The molecule has 0 aromatic carbocycles. The van der Waals surface area contributed by atoms with Crippen molar-refractivity contribution in [3.05, 3.63) is 0 Å². The van der Waals surface area contributed by atoms with Crippen LogP contribution in [0.3, 0.4) is 0 Å². The van der Waals surface area contributed by atoms with Crippen LogP contribution in [0.4, 0.5) is 0 Å². The van der Waals surface area contributed by atoms with Crippen LogP contribution in [0.2, 0.25) is 0 Å². The minimum atomic E-state index is -0.109. The minimum absolute atomic E-state index is 0.0980. The van der Waals surface area contributed by atoms with E-state index in [9.17, 15) is 9.59 Å². The Morgan fingerprint density at radius 2 is 1.29 bits per heavy atom. The van der Waals surface area contributed by atoms with Gasteiger partial charge in [0.2, 0.25) is 11.8 Å². The van der Waals surface area contributed by atoms with E-state index in [4.69, 9.17) is 0 Å². The Morgan fingerprint density at radius 1 is 0.905 bits per heavy atom. The predicted octanol–water partition coefficient (Wildman–Crippen LogP) is 2.48. The van der Waals surface area contributed by atoms with Gasteiger partial charge < -0.3 is 10.6 Å². The van der Waals surface area contributed by atoms with Crippen LogP contribution < -0.4 is 10.6 Å². The lowest BCUT2D eigenvalue weighted by atomic mass is 9.78. The molecule has 0 heterocycles. The number of hydrogen-bond acceptors (Lipinski definition) is 2. The van der Waals surface area contributed by atoms with Gasteiger partial charge in [-0.25, -0.2) is 0 Å². The molecule has 2 aliphatic rings. The van der Waals surface area contributed by atoms with Crippen LogP contribution in [0.15, 0.2) is 0 Å². The van der Waals surface area contributed by atoms with E-state index < -0.39 is 0 Å². The number of rotatable bonds is 6. The molecule has 2 amide bonds. The molecular formula is C17H30N2O2. The van der Waals surface area contributed by atoms with Crippen molar-refractivity contribution in [1.82, 2.24) is 10.6 Å². The molecule has 0 aliphatic heterocycles. The maximum Gasteiger partial charge on any atom is 0.224 e. The van der Waals surface area contributed by atoms with Crippen LogP contribution in [-0.2, 0) is 9.59 Å². The van der Waals surface area contributed by atoms with Crippen molar-refractivity contribution in [3.8, 4) is 0 Å². The van der Waals surface area contributed by atoms with Crippen LogP contribution >= 0.6 is 0 Å². The average molecular weight is 294 g/mol. The second-order valence-corrected chi connectivity index (χ2v) is 7.02. The molecule has 6 atom stereocenters. The monoisotopic (exact) mass is 294 g/mol. The third-order valence-electron chi connectivity index (χ3n) is 5.52. The summed E-state index contributed by atoms with van der Waals surface area (Å²) in [6.45, 7) is 8.19. The van der Waals surface area contributed by atoms with Crippen molar-refractivity contribution in [1.29, 1.82) is 0 Å². The Kier molecular flexibility index (Phi) is 5.28. The van der Waals surface area contributed by atoms with Gasteiger partial charge in [-0.1, -0.05) is 13.8 Å². The summed E-state index contributed by atoms with van der Waals surface area (Å²) in [6, 6.07) is 0.379. The van der Waals surface area contributed by atoms with E-state index in [2.05, 4.69) is 24.5 Å². The molecule has 0 spiro atoms. The van der Waals surface area contributed by atoms with E-state index in [0.29, 0.717) is 11.8 Å². The number of amides is 2. The molecule has 4 nitrogen and oxygen atoms in total. The van der Waals surface area contributed by atoms with Gasteiger partial charge in [-0.2, -0.15) is 0 Å². The van der Waals surface area contributed by atoms with E-state index in [1.54, 1.807) is 0 Å². The molecule has 0 aromatic rings. The van der Waals surface area contributed by atoms with Crippen molar-refractivity contribution >= 4 is 11.8 Å². The van der Waals surface area contributed by atoms with Gasteiger partial charge in [0.25, 0.3) is 0 Å². The van der Waals surface area contributed by atoms with Crippen molar-refractivity contribution in [2.45, 2.75) is 71.9 Å². The highest BCUT2D eigenvalue weighted by atomic mass is 16.2. The highest BCUT2D eigenvalue weighted by Gasteiger charge is 2.53. The van der Waals surface area contributed by atoms with E-state index in [-0.39, 0.29) is 35.7 Å². The molecule has 2 N–H and O–H groups in total. The molecule has 2 saturated carbocycles. The molecule has 4 heteroatoms. The van der Waals surface area contributed by atoms with Gasteiger partial charge in [0.15, 0.2) is 0 Å². The second-order valence-electron chi connectivity index (χ2n) is 7.02. The van der Waals surface area contributed by atoms with E-state index in [0.717, 1.165) is 32.1 Å². The third kappa shape index (κ3) is 3.41. The normalized spacial score (nSPS) is 33.5. The molecular weight excluding hydrogens is 264 g/mol. The Morgan fingerprint density at radius 3 is 1.62 bits per heavy atom. The summed E-state index contributed by atoms with van der Waals surface area (Å²) in [4.78, 5) is 25.2. The van der Waals surface area contributed by atoms with Crippen molar-refractivity contribution in [3.63, 3.8) is 0 Å². The van der Waals surface area contributed by atoms with Gasteiger partial charge in [0.1, 0.15) is 0 Å². The molecule has 2 rings (SSSR count). The summed E-state index contributed by atoms with van der Waals surface area (Å²) in [7, 11) is 0. The molecule has 0 saturated heterocycles. The summed E-state index contributed by atoms with van der Waals surface area (Å²) in [6.07, 6.45) is 5.12. The summed E-state index contributed by atoms with van der Waals surface area (Å²) in [5.74, 6) is 0.795. The Labute approximate surface area is 128 Å². The molecule has 0 aromatic heterocycles. The number of nitrogens with one attached hydrogen (secondary N) is 2. The van der Waals surface area contributed by atoms with Gasteiger partial charge in [-0.15, -0.1) is 0 Å². The number of carbonyl (C=O) groups is 2. The van der Waals surface area contributed by atoms with Crippen molar-refractivity contribution in [2.24, 2.45) is 23.7 Å². The molecule has 2 fully saturated rings. The fourth-order valence-corrected chi connectivity index (χ4v) is 3.93. The fraction of sp³-hybridized carbons (Fsp3) is 0.882. The van der Waals surface area contributed by atoms with Gasteiger partial charge >= 0.3 is 0 Å². The first kappa shape index (κ1) is 16.3. The number of carbonyl (C=O) groups excluding carboxylic acids is 2. The smallest absolute Gasteiger partial charge is 0.224 e. The van der Waals surface area contributed by atoms with E-state index >= 15 is 0 Å². The van der Waals surface area contributed by atoms with E-state index in [1.807, 2.05) is 13.8 Å². The fourth-order valence-electron chi connectivity index (χ4n) is 3.93. The van der Waals surface area contributed by atoms with Gasteiger partial charge in [-0.3, -0.25) is 9.59 Å². The lowest BCUT2D eigenvalue weighted by molar-refractivity contribution is -0.137. The standard InChI is InChI=1S/C17H30N2O2/c1-5-10(3)18-16(20)14-12-7-8-13(9-12)15(14)17(21)19-11(4)6-2/h10-15H,5-9H2,1-4H3,(H,18,20)(H,19,21)/t10-,11-,12-,13+,14-,15-/m0/s1. The maximum atomic E-state index is 12.6. The van der Waals surface area contributed by atoms with E-state index in [1.165, 1.54) is 0 Å². The van der Waals surface area contributed by atoms with Gasteiger partial charge in [0, 0.05) is 12.1 Å². The molecule has 2 aliphatic carbocycles. The highest BCUT2D eigenvalue weighted by molar-refractivity contribution is 5.89. The van der Waals surface area contributed by atoms with Crippen molar-refractivity contribution in [2.75, 3.05) is 0 Å². The molecule has 2 bridgehead atoms. The summed E-state index contributed by atoms with van der Waals surface area (Å²) in [5, 5.41) is 6.18. The van der Waals surface area contributed by atoms with Gasteiger partial charge in [-0.05, 0) is 57.8 Å². The molecule has 0 radical (unpaired) electrons. The second kappa shape index (κ2) is 6.80. The first-order valence-corrected chi connectivity index (χ1v) is 8.58. The highest BCUT2D eigenvalue weighted by Crippen LogP contribution is 2.52. The van der Waals surface area contributed by atoms with Crippen LogP contribution in [0.1, 0.15) is 59.8 Å². The molecule has 120 valence electrons. The SMILES string of the molecule is CC[C@H](C)NC(=O)[C@H]1[C@@H]2CC[C@@H](C2)[C@@H]1C(=O)N[C@@H](C)CC. The largest absolute Gasteiger partial charge is 0.353 e. The van der Waals surface area contributed by atoms with Crippen LogP contribution in [-0.4, -0.2) is 23.9 Å². The molecule has 0 unspecified atom stereocenters. The number of fused-ring (bicyclic) bond motifs is 2. The minimum Gasteiger partial charge on any atom is -0.353 e. The van der Waals surface area contributed by atoms with Gasteiger partial charge in [0.05, 0.1) is 11.8 Å². The first-order chi connectivity index (χ1) is 9.97. The zero-order chi connectivity index (χ0) is 15.6. The lowest BCUT2D eigenvalue weighted by Crippen LogP contribution is -2.48. The average Bonchev–Trinajstić information content (AvgIpc) is 3.07. The van der Waals surface area contributed by atoms with Crippen LogP contribution in [0, 0.1) is 23.7 Å². The predicted molar refractivity (Wildman–Crippen MR) is 83.6 cm³/mol. The summed E-state index contributed by atoms with van der Waals surface area (Å²) < 4.78 is 0. The third-order valence-corrected chi connectivity index (χ3v) is 5.52. The van der Waals surface area contributed by atoms with Crippen LogP contribution in [0.5, 0.6) is 0 Å². The zero-order valence-electron chi connectivity index (χ0n) is 13.8. The Balaban J connectivity index is 2.07. The quantitative estimate of drug-likeness (QED) is 0.790. The molecule has 21 heavy (non-hydrogen) atoms.